The minimum atomic E-state index is -0.449. The molecule has 0 saturated carbocycles. The van der Waals surface area contributed by atoms with Crippen LogP contribution in [0.25, 0.3) is 0 Å². The molecule has 0 heterocycles. The number of aliphatic hydroxyl groups is 1. The Kier molecular flexibility index (Phi) is 3.02. The Balaban J connectivity index is 2.63. The van der Waals surface area contributed by atoms with Crippen LogP contribution in [0.15, 0.2) is 0 Å². The maximum absolute atomic E-state index is 8.35. The van der Waals surface area contributed by atoms with E-state index < -0.39 is 6.10 Å². The summed E-state index contributed by atoms with van der Waals surface area (Å²) in [5, 5.41) is 8.35. The van der Waals surface area contributed by atoms with Crippen LogP contribution in [0.1, 0.15) is 6.92 Å². The summed E-state index contributed by atoms with van der Waals surface area (Å²) in [5.74, 6) is 4.57. The van der Waals surface area contributed by atoms with Crippen molar-refractivity contribution >= 4 is 0 Å². The molecule has 0 rings (SSSR count). The van der Waals surface area contributed by atoms with Crippen LogP contribution in [0, 0.1) is 0 Å². The Hall–Kier alpha value is -0.120. The van der Waals surface area contributed by atoms with Gasteiger partial charge in [0.05, 0.1) is 12.7 Å². The molecule has 3 nitrogen and oxygen atoms in total. The van der Waals surface area contributed by atoms with Gasteiger partial charge in [0, 0.05) is 0 Å². The Morgan fingerprint density at radius 2 is 2.50 bits per heavy atom. The predicted molar refractivity (Wildman–Crippen MR) is 21.8 cm³/mol. The van der Waals surface area contributed by atoms with Crippen molar-refractivity contribution in [1.82, 2.24) is 0 Å². The minimum Gasteiger partial charge on any atom is -0.391 e. The van der Waals surface area contributed by atoms with Gasteiger partial charge in [-0.05, 0) is 6.92 Å². The first-order valence-corrected chi connectivity index (χ1v) is 1.77. The van der Waals surface area contributed by atoms with Crippen LogP contribution in [-0.4, -0.2) is 17.8 Å². The van der Waals surface area contributed by atoms with Crippen molar-refractivity contribution in [1.29, 1.82) is 0 Å². The molecule has 0 saturated heterocycles. The second-order valence-electron chi connectivity index (χ2n) is 1.18. The number of hydrogen-bond donors (Lipinski definition) is 2. The largest absolute Gasteiger partial charge is 0.391 e. The van der Waals surface area contributed by atoms with Gasteiger partial charge in [0.15, 0.2) is 0 Å². The van der Waals surface area contributed by atoms with Crippen LogP contribution in [0.5, 0.6) is 0 Å². The van der Waals surface area contributed by atoms with Crippen molar-refractivity contribution in [2.24, 2.45) is 5.90 Å². The van der Waals surface area contributed by atoms with Gasteiger partial charge < -0.3 is 9.94 Å². The summed E-state index contributed by atoms with van der Waals surface area (Å²) >= 11 is 0. The Labute approximate surface area is 36.7 Å². The van der Waals surface area contributed by atoms with Gasteiger partial charge in [0.2, 0.25) is 0 Å². The molecule has 6 heavy (non-hydrogen) atoms. The summed E-state index contributed by atoms with van der Waals surface area (Å²) in [5.41, 5.74) is 0. The Bertz CT molecular complexity index is 30.0. The third-order valence-corrected chi connectivity index (χ3v) is 0.337. The highest BCUT2D eigenvalue weighted by molar-refractivity contribution is 4.36. The molecular formula is C3H9NO2. The molecule has 38 valence electrons. The standard InChI is InChI=1S/C3H9NO2/c1-3(5)2-6-4/h3,5H,2,4H2,1H3/t3-/m1/s1. The summed E-state index contributed by atoms with van der Waals surface area (Å²) in [4.78, 5) is 4.05. The summed E-state index contributed by atoms with van der Waals surface area (Å²) in [7, 11) is 0. The fraction of sp³-hybridized carbons (Fsp3) is 1.00. The molecule has 0 aromatic carbocycles. The van der Waals surface area contributed by atoms with Crippen molar-refractivity contribution < 1.29 is 9.94 Å². The van der Waals surface area contributed by atoms with E-state index in [1.54, 1.807) is 6.92 Å². The summed E-state index contributed by atoms with van der Waals surface area (Å²) in [6, 6.07) is 0. The van der Waals surface area contributed by atoms with Gasteiger partial charge in [0.1, 0.15) is 0 Å². The van der Waals surface area contributed by atoms with Crippen LogP contribution in [-0.2, 0) is 4.84 Å². The molecule has 0 spiro atoms. The van der Waals surface area contributed by atoms with Gasteiger partial charge in [0.25, 0.3) is 0 Å². The Morgan fingerprint density at radius 3 is 2.50 bits per heavy atom. The van der Waals surface area contributed by atoms with E-state index in [0.717, 1.165) is 0 Å². The zero-order chi connectivity index (χ0) is 4.99. The van der Waals surface area contributed by atoms with Crippen molar-refractivity contribution in [3.63, 3.8) is 0 Å². The smallest absolute Gasteiger partial charge is 0.0935 e. The average molecular weight is 91.1 g/mol. The van der Waals surface area contributed by atoms with E-state index in [1.165, 1.54) is 0 Å². The molecule has 3 heteroatoms. The number of nitrogens with two attached hydrogens (primary N) is 1. The molecule has 0 bridgehead atoms. The molecule has 0 unspecified atom stereocenters. The summed E-state index contributed by atoms with van der Waals surface area (Å²) < 4.78 is 0. The predicted octanol–water partition coefficient (Wildman–Crippen LogP) is -0.743. The monoisotopic (exact) mass is 91.1 g/mol. The first-order valence-electron chi connectivity index (χ1n) is 1.77. The zero-order valence-corrected chi connectivity index (χ0v) is 3.72. The second kappa shape index (κ2) is 3.08. The molecule has 0 aliphatic heterocycles. The average Bonchev–Trinajstić information content (AvgIpc) is 1.35. The van der Waals surface area contributed by atoms with Crippen molar-refractivity contribution in [3.05, 3.63) is 0 Å². The van der Waals surface area contributed by atoms with Gasteiger partial charge in [-0.3, -0.25) is 0 Å². The van der Waals surface area contributed by atoms with Crippen molar-refractivity contribution in [2.75, 3.05) is 6.61 Å². The number of rotatable bonds is 2. The lowest BCUT2D eigenvalue weighted by atomic mass is 10.5. The van der Waals surface area contributed by atoms with Gasteiger partial charge >= 0.3 is 0 Å². The van der Waals surface area contributed by atoms with Gasteiger partial charge in [-0.1, -0.05) is 0 Å². The summed E-state index contributed by atoms with van der Waals surface area (Å²) in [6.07, 6.45) is -0.449. The molecule has 0 radical (unpaired) electrons. The van der Waals surface area contributed by atoms with E-state index in [9.17, 15) is 0 Å². The second-order valence-corrected chi connectivity index (χ2v) is 1.18. The topological polar surface area (TPSA) is 55.5 Å². The molecule has 0 aromatic heterocycles. The molecule has 0 aliphatic carbocycles. The highest BCUT2D eigenvalue weighted by Crippen LogP contribution is 1.73. The first-order chi connectivity index (χ1) is 2.77. The third kappa shape index (κ3) is 3.88. The fourth-order valence-corrected chi connectivity index (χ4v) is 0.139. The van der Waals surface area contributed by atoms with E-state index >= 15 is 0 Å². The fourth-order valence-electron chi connectivity index (χ4n) is 0.139. The maximum Gasteiger partial charge on any atom is 0.0935 e. The number of aliphatic hydroxyl groups excluding tert-OH is 1. The van der Waals surface area contributed by atoms with Crippen LogP contribution < -0.4 is 5.90 Å². The van der Waals surface area contributed by atoms with Gasteiger partial charge in [-0.25, -0.2) is 5.90 Å². The quantitative estimate of drug-likeness (QED) is 0.440. The van der Waals surface area contributed by atoms with Gasteiger partial charge in [-0.2, -0.15) is 0 Å². The molecule has 0 fully saturated rings. The highest BCUT2D eigenvalue weighted by atomic mass is 16.6. The van der Waals surface area contributed by atoms with Crippen LogP contribution in [0.4, 0.5) is 0 Å². The van der Waals surface area contributed by atoms with Gasteiger partial charge in [-0.15, -0.1) is 0 Å². The molecule has 1 atom stereocenters. The third-order valence-electron chi connectivity index (χ3n) is 0.337. The van der Waals surface area contributed by atoms with Crippen molar-refractivity contribution in [3.8, 4) is 0 Å². The minimum absolute atomic E-state index is 0.208. The van der Waals surface area contributed by atoms with Crippen LogP contribution in [0.2, 0.25) is 0 Å². The van der Waals surface area contributed by atoms with E-state index in [1.807, 2.05) is 0 Å². The van der Waals surface area contributed by atoms with E-state index in [2.05, 4.69) is 10.7 Å². The molecule has 0 aliphatic rings. The van der Waals surface area contributed by atoms with E-state index in [0.29, 0.717) is 0 Å². The normalized spacial score (nSPS) is 14.5. The van der Waals surface area contributed by atoms with E-state index in [4.69, 9.17) is 5.11 Å². The highest BCUT2D eigenvalue weighted by Gasteiger charge is 1.88. The summed E-state index contributed by atoms with van der Waals surface area (Å²) in [6.45, 7) is 1.81. The lowest BCUT2D eigenvalue weighted by Gasteiger charge is -1.96. The maximum atomic E-state index is 8.35. The SMILES string of the molecule is C[C@@H](O)CON. The zero-order valence-electron chi connectivity index (χ0n) is 3.72. The molecule has 0 amide bonds. The lowest BCUT2D eigenvalue weighted by Crippen LogP contribution is -2.13. The molecule has 0 aromatic rings. The first kappa shape index (κ1) is 5.88. The molecule has 3 N–H and O–H groups in total. The Morgan fingerprint density at radius 1 is 2.00 bits per heavy atom. The van der Waals surface area contributed by atoms with Crippen LogP contribution in [0.3, 0.4) is 0 Å². The lowest BCUT2D eigenvalue weighted by molar-refractivity contribution is 0.0463. The molecular weight excluding hydrogens is 82.0 g/mol. The van der Waals surface area contributed by atoms with Crippen molar-refractivity contribution in [2.45, 2.75) is 13.0 Å². The van der Waals surface area contributed by atoms with E-state index in [-0.39, 0.29) is 6.61 Å². The number of hydrogen-bond acceptors (Lipinski definition) is 3. The van der Waals surface area contributed by atoms with Crippen LogP contribution >= 0.6 is 0 Å².